The number of hydrogen-bond donors (Lipinski definition) is 2. The molecule has 2 saturated heterocycles. The van der Waals surface area contributed by atoms with Gasteiger partial charge < -0.3 is 15.3 Å². The van der Waals surface area contributed by atoms with Crippen molar-refractivity contribution >= 4 is 5.91 Å². The predicted octanol–water partition coefficient (Wildman–Crippen LogP) is 2.53. The summed E-state index contributed by atoms with van der Waals surface area (Å²) in [5.41, 5.74) is 2.51. The van der Waals surface area contributed by atoms with Crippen molar-refractivity contribution in [3.05, 3.63) is 71.8 Å². The minimum absolute atomic E-state index is 0.140. The average Bonchev–Trinajstić information content (AvgIpc) is 3.33. The molecule has 1 amide bonds. The van der Waals surface area contributed by atoms with Crippen LogP contribution in [0.15, 0.2) is 60.7 Å². The van der Waals surface area contributed by atoms with Gasteiger partial charge in [-0.15, -0.1) is 0 Å². The Balaban J connectivity index is 1.65. The Labute approximate surface area is 154 Å². The molecule has 0 spiro atoms. The summed E-state index contributed by atoms with van der Waals surface area (Å²) < 4.78 is 0. The first-order chi connectivity index (χ1) is 12.7. The number of carbonyl (C=O) groups is 1. The van der Waals surface area contributed by atoms with Crippen molar-refractivity contribution in [2.45, 2.75) is 43.4 Å². The van der Waals surface area contributed by atoms with Gasteiger partial charge in [0.25, 0.3) is 0 Å². The molecule has 2 aromatic rings. The summed E-state index contributed by atoms with van der Waals surface area (Å²) in [5, 5.41) is 13.0. The number of amides is 1. The molecular formula is C22H26N2O2. The quantitative estimate of drug-likeness (QED) is 0.891. The van der Waals surface area contributed by atoms with Gasteiger partial charge in [-0.3, -0.25) is 4.79 Å². The molecule has 0 saturated carbocycles. The van der Waals surface area contributed by atoms with Crippen molar-refractivity contribution in [3.63, 3.8) is 0 Å². The van der Waals surface area contributed by atoms with Gasteiger partial charge in [0.2, 0.25) is 5.91 Å². The molecule has 2 aliphatic heterocycles. The highest BCUT2D eigenvalue weighted by atomic mass is 16.3. The minimum atomic E-state index is -0.413. The minimum Gasteiger partial charge on any atom is -0.392 e. The lowest BCUT2D eigenvalue weighted by molar-refractivity contribution is -0.134. The van der Waals surface area contributed by atoms with E-state index in [1.807, 2.05) is 12.1 Å². The van der Waals surface area contributed by atoms with Gasteiger partial charge in [0.05, 0.1) is 12.1 Å². The normalized spacial score (nSPS) is 25.8. The molecule has 3 atom stereocenters. The Kier molecular flexibility index (Phi) is 5.05. The summed E-state index contributed by atoms with van der Waals surface area (Å²) in [4.78, 5) is 15.2. The van der Waals surface area contributed by atoms with E-state index in [1.165, 1.54) is 11.1 Å². The van der Waals surface area contributed by atoms with Gasteiger partial charge in [0.1, 0.15) is 0 Å². The standard InChI is InChI=1S/C22H26N2O2/c25-18-14-19(23-15-18)22(26)24-13-7-12-20(24)21(16-8-3-1-4-9-16)17-10-5-2-6-11-17/h1-6,8-11,18-21,23,25H,7,12-15H2/t18-,19+,20+/m1/s1. The highest BCUT2D eigenvalue weighted by Crippen LogP contribution is 2.37. The molecule has 26 heavy (non-hydrogen) atoms. The number of aliphatic hydroxyl groups is 1. The van der Waals surface area contributed by atoms with E-state index < -0.39 is 6.10 Å². The number of nitrogens with zero attached hydrogens (tertiary/aromatic N) is 1. The average molecular weight is 350 g/mol. The monoisotopic (exact) mass is 350 g/mol. The molecule has 4 rings (SSSR count). The fraction of sp³-hybridized carbons (Fsp3) is 0.409. The van der Waals surface area contributed by atoms with Gasteiger partial charge >= 0.3 is 0 Å². The zero-order valence-corrected chi connectivity index (χ0v) is 14.9. The lowest BCUT2D eigenvalue weighted by atomic mass is 9.83. The fourth-order valence-corrected chi connectivity index (χ4v) is 4.48. The maximum Gasteiger partial charge on any atom is 0.240 e. The Bertz CT molecular complexity index is 695. The van der Waals surface area contributed by atoms with Gasteiger partial charge in [0.15, 0.2) is 0 Å². The van der Waals surface area contributed by atoms with Gasteiger partial charge in [-0.2, -0.15) is 0 Å². The SMILES string of the molecule is O=C([C@@H]1C[C@@H](O)CN1)N1CCC[C@H]1C(c1ccccc1)c1ccccc1. The van der Waals surface area contributed by atoms with E-state index in [0.29, 0.717) is 13.0 Å². The Morgan fingerprint density at radius 3 is 2.19 bits per heavy atom. The summed E-state index contributed by atoms with van der Waals surface area (Å²) >= 11 is 0. The van der Waals surface area contributed by atoms with Crippen molar-refractivity contribution in [3.8, 4) is 0 Å². The zero-order valence-electron chi connectivity index (χ0n) is 14.9. The van der Waals surface area contributed by atoms with Crippen LogP contribution in [0, 0.1) is 0 Å². The first kappa shape index (κ1) is 17.3. The van der Waals surface area contributed by atoms with Gasteiger partial charge in [-0.1, -0.05) is 60.7 Å². The number of benzene rings is 2. The van der Waals surface area contributed by atoms with Gasteiger partial charge in [-0.05, 0) is 30.4 Å². The van der Waals surface area contributed by atoms with E-state index in [1.54, 1.807) is 0 Å². The fourth-order valence-electron chi connectivity index (χ4n) is 4.48. The lowest BCUT2D eigenvalue weighted by Gasteiger charge is -2.34. The second kappa shape index (κ2) is 7.60. The zero-order chi connectivity index (χ0) is 17.9. The molecule has 136 valence electrons. The first-order valence-electron chi connectivity index (χ1n) is 9.56. The summed E-state index contributed by atoms with van der Waals surface area (Å²) in [6.45, 7) is 1.31. The molecule has 2 aromatic carbocycles. The molecule has 0 unspecified atom stereocenters. The molecule has 2 N–H and O–H groups in total. The predicted molar refractivity (Wildman–Crippen MR) is 102 cm³/mol. The molecular weight excluding hydrogens is 324 g/mol. The van der Waals surface area contributed by atoms with Crippen molar-refractivity contribution in [2.75, 3.05) is 13.1 Å². The largest absolute Gasteiger partial charge is 0.392 e. The third-order valence-electron chi connectivity index (χ3n) is 5.69. The van der Waals surface area contributed by atoms with Crippen LogP contribution in [0.2, 0.25) is 0 Å². The van der Waals surface area contributed by atoms with Crippen LogP contribution in [-0.2, 0) is 4.79 Å². The van der Waals surface area contributed by atoms with Crippen molar-refractivity contribution in [2.24, 2.45) is 0 Å². The topological polar surface area (TPSA) is 52.6 Å². The molecule has 0 radical (unpaired) electrons. The van der Waals surface area contributed by atoms with Crippen LogP contribution in [0.1, 0.15) is 36.3 Å². The number of β-amino-alcohol motifs (C(OH)–C–C–N with tert-alkyl or cyclic N) is 1. The number of aliphatic hydroxyl groups excluding tert-OH is 1. The smallest absolute Gasteiger partial charge is 0.240 e. The molecule has 2 fully saturated rings. The summed E-state index contributed by atoms with van der Waals surface area (Å²) in [7, 11) is 0. The second-order valence-corrected chi connectivity index (χ2v) is 7.39. The highest BCUT2D eigenvalue weighted by molar-refractivity contribution is 5.83. The van der Waals surface area contributed by atoms with Crippen LogP contribution in [-0.4, -0.2) is 47.2 Å². The third kappa shape index (κ3) is 3.39. The van der Waals surface area contributed by atoms with Crippen LogP contribution in [0.25, 0.3) is 0 Å². The van der Waals surface area contributed by atoms with E-state index in [0.717, 1.165) is 19.4 Å². The maximum absolute atomic E-state index is 13.1. The summed E-state index contributed by atoms with van der Waals surface area (Å²) in [6, 6.07) is 20.9. The molecule has 0 bridgehead atoms. The molecule has 2 heterocycles. The van der Waals surface area contributed by atoms with Crippen LogP contribution < -0.4 is 5.32 Å². The highest BCUT2D eigenvalue weighted by Gasteiger charge is 2.40. The van der Waals surface area contributed by atoms with Crippen LogP contribution in [0.5, 0.6) is 0 Å². The summed E-state index contributed by atoms with van der Waals surface area (Å²) in [6.07, 6.45) is 2.14. The number of hydrogen-bond acceptors (Lipinski definition) is 3. The molecule has 4 heteroatoms. The second-order valence-electron chi connectivity index (χ2n) is 7.39. The van der Waals surface area contributed by atoms with Crippen molar-refractivity contribution in [1.29, 1.82) is 0 Å². The Morgan fingerprint density at radius 2 is 1.65 bits per heavy atom. The Hall–Kier alpha value is -2.17. The van der Waals surface area contributed by atoms with Gasteiger partial charge in [0, 0.05) is 25.0 Å². The van der Waals surface area contributed by atoms with E-state index in [-0.39, 0.29) is 23.9 Å². The summed E-state index contributed by atoms with van der Waals surface area (Å²) in [5.74, 6) is 0.316. The van der Waals surface area contributed by atoms with Gasteiger partial charge in [-0.25, -0.2) is 0 Å². The van der Waals surface area contributed by atoms with E-state index in [9.17, 15) is 9.90 Å². The molecule has 2 aliphatic rings. The Morgan fingerprint density at radius 1 is 1.04 bits per heavy atom. The molecule has 0 aliphatic carbocycles. The number of rotatable bonds is 4. The number of nitrogens with one attached hydrogen (secondary N) is 1. The van der Waals surface area contributed by atoms with E-state index >= 15 is 0 Å². The van der Waals surface area contributed by atoms with Crippen LogP contribution in [0.4, 0.5) is 0 Å². The third-order valence-corrected chi connectivity index (χ3v) is 5.69. The maximum atomic E-state index is 13.1. The first-order valence-corrected chi connectivity index (χ1v) is 9.56. The lowest BCUT2D eigenvalue weighted by Crippen LogP contribution is -2.47. The van der Waals surface area contributed by atoms with E-state index in [2.05, 4.69) is 58.7 Å². The van der Waals surface area contributed by atoms with Crippen LogP contribution in [0.3, 0.4) is 0 Å². The molecule has 0 aromatic heterocycles. The van der Waals surface area contributed by atoms with Crippen molar-refractivity contribution < 1.29 is 9.90 Å². The van der Waals surface area contributed by atoms with E-state index in [4.69, 9.17) is 0 Å². The molecule has 4 nitrogen and oxygen atoms in total. The van der Waals surface area contributed by atoms with Crippen molar-refractivity contribution in [1.82, 2.24) is 10.2 Å². The van der Waals surface area contributed by atoms with Crippen LogP contribution >= 0.6 is 0 Å². The number of likely N-dealkylation sites (tertiary alicyclic amines) is 1. The number of carbonyl (C=O) groups excluding carboxylic acids is 1.